The molecule has 0 amide bonds. The number of aryl methyl sites for hydroxylation is 3. The lowest BCUT2D eigenvalue weighted by atomic mass is 10.1. The van der Waals surface area contributed by atoms with E-state index in [0.717, 1.165) is 39.5 Å². The summed E-state index contributed by atoms with van der Waals surface area (Å²) in [5, 5.41) is 4.75. The Morgan fingerprint density at radius 1 is 1.04 bits per heavy atom. The lowest BCUT2D eigenvalue weighted by Crippen LogP contribution is -2.12. The van der Waals surface area contributed by atoms with E-state index >= 15 is 0 Å². The minimum Gasteiger partial charge on any atom is -0.291 e. The van der Waals surface area contributed by atoms with Gasteiger partial charge in [-0.2, -0.15) is 5.10 Å². The highest BCUT2D eigenvalue weighted by Crippen LogP contribution is 2.22. The van der Waals surface area contributed by atoms with Crippen molar-refractivity contribution < 1.29 is 4.79 Å². The van der Waals surface area contributed by atoms with Crippen molar-refractivity contribution in [3.05, 3.63) is 94.1 Å². The van der Waals surface area contributed by atoms with Crippen molar-refractivity contribution in [1.82, 2.24) is 14.8 Å². The van der Waals surface area contributed by atoms with Crippen LogP contribution in [0.1, 0.15) is 25.8 Å². The summed E-state index contributed by atoms with van der Waals surface area (Å²) in [4.78, 5) is 18.9. The summed E-state index contributed by atoms with van der Waals surface area (Å²) < 4.78 is 1.81. The zero-order valence-electron chi connectivity index (χ0n) is 15.7. The van der Waals surface area contributed by atoms with Gasteiger partial charge >= 0.3 is 0 Å². The summed E-state index contributed by atoms with van der Waals surface area (Å²) in [5.74, 6) is 0.0842. The van der Waals surface area contributed by atoms with Gasteiger partial charge in [0.2, 0.25) is 0 Å². The van der Waals surface area contributed by atoms with E-state index in [1.807, 2.05) is 48.1 Å². The van der Waals surface area contributed by atoms with Gasteiger partial charge < -0.3 is 0 Å². The molecule has 0 bridgehead atoms. The maximum absolute atomic E-state index is 12.7. The van der Waals surface area contributed by atoms with Crippen molar-refractivity contribution in [2.75, 3.05) is 0 Å². The van der Waals surface area contributed by atoms with Crippen LogP contribution in [0.3, 0.4) is 0 Å². The SMILES string of the molecule is Cc1ccc(C(=O)Cn2nc(CCc3ccccc3)cc2-c2cccnc2)s1. The first-order chi connectivity index (χ1) is 13.7. The van der Waals surface area contributed by atoms with Gasteiger partial charge in [-0.25, -0.2) is 0 Å². The number of ketones is 1. The number of hydrogen-bond acceptors (Lipinski definition) is 4. The normalized spacial score (nSPS) is 10.9. The number of pyridine rings is 1. The summed E-state index contributed by atoms with van der Waals surface area (Å²) in [6.07, 6.45) is 5.31. The molecule has 0 spiro atoms. The van der Waals surface area contributed by atoms with Crippen molar-refractivity contribution in [2.45, 2.75) is 26.3 Å². The van der Waals surface area contributed by atoms with Crippen LogP contribution in [0.15, 0.2) is 73.1 Å². The highest BCUT2D eigenvalue weighted by atomic mass is 32.1. The maximum Gasteiger partial charge on any atom is 0.194 e. The summed E-state index contributed by atoms with van der Waals surface area (Å²) in [6, 6.07) is 20.2. The Hall–Kier alpha value is -3.05. The molecule has 4 nitrogen and oxygen atoms in total. The van der Waals surface area contributed by atoms with E-state index in [9.17, 15) is 4.79 Å². The minimum atomic E-state index is 0.0842. The predicted octanol–water partition coefficient (Wildman–Crippen LogP) is 4.98. The molecule has 0 saturated heterocycles. The monoisotopic (exact) mass is 387 g/mol. The molecule has 0 aliphatic heterocycles. The molecule has 5 heteroatoms. The minimum absolute atomic E-state index is 0.0842. The summed E-state index contributed by atoms with van der Waals surface area (Å²) in [7, 11) is 0. The number of aromatic nitrogens is 3. The van der Waals surface area contributed by atoms with Gasteiger partial charge in [0.1, 0.15) is 6.54 Å². The molecule has 4 aromatic rings. The Labute approximate surface area is 168 Å². The van der Waals surface area contributed by atoms with E-state index in [4.69, 9.17) is 5.10 Å². The highest BCUT2D eigenvalue weighted by Gasteiger charge is 2.15. The average Bonchev–Trinajstić information content (AvgIpc) is 3.34. The van der Waals surface area contributed by atoms with Crippen LogP contribution in [0.5, 0.6) is 0 Å². The van der Waals surface area contributed by atoms with E-state index in [-0.39, 0.29) is 12.3 Å². The number of thiophene rings is 1. The van der Waals surface area contributed by atoms with E-state index < -0.39 is 0 Å². The quantitative estimate of drug-likeness (QED) is 0.420. The Morgan fingerprint density at radius 3 is 2.61 bits per heavy atom. The summed E-state index contributed by atoms with van der Waals surface area (Å²) >= 11 is 1.53. The van der Waals surface area contributed by atoms with E-state index in [0.29, 0.717) is 0 Å². The van der Waals surface area contributed by atoms with Crippen molar-refractivity contribution in [3.63, 3.8) is 0 Å². The van der Waals surface area contributed by atoms with Gasteiger partial charge in [-0.05, 0) is 55.7 Å². The third-order valence-corrected chi connectivity index (χ3v) is 5.65. The zero-order valence-corrected chi connectivity index (χ0v) is 16.5. The fourth-order valence-corrected chi connectivity index (χ4v) is 3.97. The molecule has 0 saturated carbocycles. The van der Waals surface area contributed by atoms with Crippen molar-refractivity contribution in [2.24, 2.45) is 0 Å². The Kier molecular flexibility index (Phi) is 5.44. The lowest BCUT2D eigenvalue weighted by Gasteiger charge is -2.06. The fraction of sp³-hybridized carbons (Fsp3) is 0.174. The molecule has 0 N–H and O–H groups in total. The third kappa shape index (κ3) is 4.26. The topological polar surface area (TPSA) is 47.8 Å². The van der Waals surface area contributed by atoms with E-state index in [1.54, 1.807) is 6.20 Å². The first kappa shape index (κ1) is 18.3. The smallest absolute Gasteiger partial charge is 0.194 e. The predicted molar refractivity (Wildman–Crippen MR) is 113 cm³/mol. The van der Waals surface area contributed by atoms with Crippen LogP contribution in [-0.4, -0.2) is 20.5 Å². The second-order valence-electron chi connectivity index (χ2n) is 6.74. The van der Waals surface area contributed by atoms with Crippen LogP contribution in [0.2, 0.25) is 0 Å². The molecule has 0 aliphatic rings. The Bertz CT molecular complexity index is 1070. The molecule has 3 aromatic heterocycles. The zero-order chi connectivity index (χ0) is 19.3. The molecule has 0 unspecified atom stereocenters. The number of Topliss-reactive ketones (excluding diaryl/α,β-unsaturated/α-hetero) is 1. The molecule has 0 radical (unpaired) electrons. The number of hydrogen-bond donors (Lipinski definition) is 0. The highest BCUT2D eigenvalue weighted by molar-refractivity contribution is 7.14. The number of carbonyl (C=O) groups excluding carboxylic acids is 1. The van der Waals surface area contributed by atoms with Crippen molar-refractivity contribution in [1.29, 1.82) is 0 Å². The van der Waals surface area contributed by atoms with Gasteiger partial charge in [-0.1, -0.05) is 30.3 Å². The summed E-state index contributed by atoms with van der Waals surface area (Å²) in [5.41, 5.74) is 4.16. The van der Waals surface area contributed by atoms with E-state index in [1.165, 1.54) is 16.9 Å². The van der Waals surface area contributed by atoms with Gasteiger partial charge in [-0.15, -0.1) is 11.3 Å². The molecular weight excluding hydrogens is 366 g/mol. The molecule has 1 aromatic carbocycles. The maximum atomic E-state index is 12.7. The van der Waals surface area contributed by atoms with Gasteiger partial charge in [-0.3, -0.25) is 14.5 Å². The van der Waals surface area contributed by atoms with Gasteiger partial charge in [0, 0.05) is 22.8 Å². The molecule has 3 heterocycles. The first-order valence-electron chi connectivity index (χ1n) is 9.30. The van der Waals surface area contributed by atoms with Crippen LogP contribution in [-0.2, 0) is 19.4 Å². The molecule has 140 valence electrons. The van der Waals surface area contributed by atoms with Crippen LogP contribution in [0, 0.1) is 6.92 Å². The summed E-state index contributed by atoms with van der Waals surface area (Å²) in [6.45, 7) is 2.24. The third-order valence-electron chi connectivity index (χ3n) is 4.61. The van der Waals surface area contributed by atoms with Crippen LogP contribution >= 0.6 is 11.3 Å². The standard InChI is InChI=1S/C23H21N3OS/c1-17-9-12-23(28-17)22(27)16-26-21(19-8-5-13-24-15-19)14-20(25-26)11-10-18-6-3-2-4-7-18/h2-9,12-15H,10-11,16H2,1H3. The second kappa shape index (κ2) is 8.31. The fourth-order valence-electron chi connectivity index (χ4n) is 3.17. The number of rotatable bonds is 7. The largest absolute Gasteiger partial charge is 0.291 e. The van der Waals surface area contributed by atoms with Crippen molar-refractivity contribution in [3.8, 4) is 11.3 Å². The first-order valence-corrected chi connectivity index (χ1v) is 10.1. The lowest BCUT2D eigenvalue weighted by molar-refractivity contribution is 0.0972. The van der Waals surface area contributed by atoms with Gasteiger partial charge in [0.25, 0.3) is 0 Å². The molecule has 0 fully saturated rings. The molecule has 28 heavy (non-hydrogen) atoms. The number of benzene rings is 1. The Balaban J connectivity index is 1.59. The van der Waals surface area contributed by atoms with Crippen LogP contribution in [0.4, 0.5) is 0 Å². The second-order valence-corrected chi connectivity index (χ2v) is 8.03. The molecule has 4 rings (SSSR count). The number of nitrogens with zero attached hydrogens (tertiary/aromatic N) is 3. The van der Waals surface area contributed by atoms with Crippen molar-refractivity contribution >= 4 is 17.1 Å². The molecular formula is C23H21N3OS. The van der Waals surface area contributed by atoms with Crippen LogP contribution in [0.25, 0.3) is 11.3 Å². The molecule has 0 aliphatic carbocycles. The van der Waals surface area contributed by atoms with Gasteiger partial charge in [0.15, 0.2) is 5.78 Å². The average molecular weight is 388 g/mol. The van der Waals surface area contributed by atoms with Gasteiger partial charge in [0.05, 0.1) is 16.3 Å². The Morgan fingerprint density at radius 2 is 1.89 bits per heavy atom. The van der Waals surface area contributed by atoms with E-state index in [2.05, 4.69) is 35.3 Å². The van der Waals surface area contributed by atoms with Crippen LogP contribution < -0.4 is 0 Å². The number of carbonyl (C=O) groups is 1. The molecule has 0 atom stereocenters.